The van der Waals surface area contributed by atoms with E-state index in [1.165, 1.54) is 0 Å². The van der Waals surface area contributed by atoms with Gasteiger partial charge in [-0.3, -0.25) is 13.0 Å². The van der Waals surface area contributed by atoms with E-state index in [1.807, 2.05) is 0 Å². The van der Waals surface area contributed by atoms with Crippen LogP contribution in [0.1, 0.15) is 0 Å². The van der Waals surface area contributed by atoms with Crippen molar-refractivity contribution in [2.24, 2.45) is 0 Å². The second-order valence-electron chi connectivity index (χ2n) is 0.836. The predicted molar refractivity (Wildman–Crippen MR) is 71.2 cm³/mol. The van der Waals surface area contributed by atoms with Gasteiger partial charge in [-0.05, 0) is 0 Å². The maximum absolute atomic E-state index is 8.63. The van der Waals surface area contributed by atoms with E-state index in [1.54, 1.807) is 0 Å². The third kappa shape index (κ3) is 138000. The molecule has 0 aromatic carbocycles. The van der Waals surface area contributed by atoms with Gasteiger partial charge in [0, 0.05) is 10.4 Å². The van der Waals surface area contributed by atoms with E-state index in [0.717, 1.165) is 0 Å². The zero-order valence-corrected chi connectivity index (χ0v) is 13.9. The molecule has 0 spiro atoms. The molecule has 1 radical (unpaired) electrons. The predicted octanol–water partition coefficient (Wildman–Crippen LogP) is -12.1. The van der Waals surface area contributed by atoms with E-state index in [9.17, 15) is 0 Å². The number of hydrogen-bond acceptors (Lipinski definition) is 8. The van der Waals surface area contributed by atoms with Crippen molar-refractivity contribution in [1.82, 2.24) is 6.15 Å². The van der Waals surface area contributed by atoms with Crippen molar-refractivity contribution >= 4 is 20.8 Å². The van der Waals surface area contributed by atoms with Crippen LogP contribution < -0.4 is 6.15 Å². The Morgan fingerprint density at radius 1 is 0.500 bits per heavy atom. The minimum Gasteiger partial charge on any atom is -0.759 e. The summed E-state index contributed by atoms with van der Waals surface area (Å²) < 4.78 is 66.9. The van der Waals surface area contributed by atoms with Gasteiger partial charge in [-0.15, -0.1) is 0 Å². The van der Waals surface area contributed by atoms with E-state index in [2.05, 4.69) is 0 Å². The van der Waals surface area contributed by atoms with Gasteiger partial charge in [0.15, 0.2) is 0 Å². The van der Waals surface area contributed by atoms with Crippen LogP contribution in [0.15, 0.2) is 0 Å². The minimum absolute atomic E-state index is 0. The van der Waals surface area contributed by atoms with Crippen molar-refractivity contribution in [2.75, 3.05) is 0 Å². The Kier molecular flexibility index (Phi) is 666. The van der Waals surface area contributed by atoms with Gasteiger partial charge in [-0.1, -0.05) is 0 Å². The molecule has 0 aromatic heterocycles. The maximum Gasteiger partial charge on any atom is 3.00 e. The SMILES string of the molecule is N.O.O.O.O.O.O.O.O.O.O.O.O.O=S(=O)([O-])O.O=S(=O)([O-])[O-].[Fe+3]. The Morgan fingerprint density at radius 3 is 0.500 bits per heavy atom. The summed E-state index contributed by atoms with van der Waals surface area (Å²) in [5, 5.41) is 0. The summed E-state index contributed by atoms with van der Waals surface area (Å²) in [5.41, 5.74) is 0. The van der Waals surface area contributed by atoms with E-state index in [0.29, 0.717) is 0 Å². The molecule has 0 unspecified atom stereocenters. The molecule has 24 heteroatoms. The zero-order valence-electron chi connectivity index (χ0n) is 11.2. The Labute approximate surface area is 145 Å². The van der Waals surface area contributed by atoms with Crippen LogP contribution in [0, 0.1) is 0 Å². The molecule has 24 heavy (non-hydrogen) atoms. The van der Waals surface area contributed by atoms with E-state index < -0.39 is 20.8 Å². The summed E-state index contributed by atoms with van der Waals surface area (Å²) in [7, 11) is -10.1. The van der Waals surface area contributed by atoms with Crippen molar-refractivity contribution in [3.63, 3.8) is 0 Å². The molecule has 0 aliphatic heterocycles. The molecule has 0 bridgehead atoms. The summed E-state index contributed by atoms with van der Waals surface area (Å²) in [6.45, 7) is 0. The third-order valence-corrected chi connectivity index (χ3v) is 0. The Bertz CT molecular complexity index is 218. The fraction of sp³-hybridized carbons (Fsp3) is 0. The van der Waals surface area contributed by atoms with Gasteiger partial charge in [0.25, 0.3) is 0 Å². The van der Waals surface area contributed by atoms with Gasteiger partial charge in [-0.2, -0.15) is 0 Å². The first-order chi connectivity index (χ1) is 4.00. The molecule has 0 atom stereocenters. The maximum atomic E-state index is 8.63. The molecule has 0 fully saturated rings. The summed E-state index contributed by atoms with van der Waals surface area (Å²) >= 11 is 0. The molecule has 28 N–H and O–H groups in total. The molecule has 173 valence electrons. The van der Waals surface area contributed by atoms with Crippen LogP contribution in [0.5, 0.6) is 0 Å². The largest absolute Gasteiger partial charge is 3.00 e. The van der Waals surface area contributed by atoms with Crippen molar-refractivity contribution in [3.8, 4) is 0 Å². The van der Waals surface area contributed by atoms with E-state index in [4.69, 9.17) is 35.0 Å². The minimum atomic E-state index is -5.17. The molecule has 0 amide bonds. The Hall–Kier alpha value is -0.261. The molecular formula is H28FeNO20S2. The smallest absolute Gasteiger partial charge is 0.759 e. The normalized spacial score (nSPS) is 4.83. The van der Waals surface area contributed by atoms with Crippen LogP contribution in [0.3, 0.4) is 0 Å². The quantitative estimate of drug-likeness (QED) is 0.188. The second kappa shape index (κ2) is 78.0. The van der Waals surface area contributed by atoms with Gasteiger partial charge in [0.1, 0.15) is 0 Å². The fourth-order valence-corrected chi connectivity index (χ4v) is 0. The molecule has 0 aliphatic rings. The van der Waals surface area contributed by atoms with E-state index in [-0.39, 0.29) is 88.9 Å². The van der Waals surface area contributed by atoms with Crippen LogP contribution in [0.25, 0.3) is 0 Å². The molecule has 0 aromatic rings. The summed E-state index contributed by atoms with van der Waals surface area (Å²) in [4.78, 5) is 0. The molecule has 0 rings (SSSR count). The Morgan fingerprint density at radius 2 is 0.500 bits per heavy atom. The first-order valence-electron chi connectivity index (χ1n) is 1.35. The van der Waals surface area contributed by atoms with Crippen LogP contribution in [0.2, 0.25) is 0 Å². The van der Waals surface area contributed by atoms with E-state index >= 15 is 0 Å². The summed E-state index contributed by atoms with van der Waals surface area (Å²) in [5.74, 6) is 0. The average Bonchev–Trinajstić information content (AvgIpc) is 1.12. The van der Waals surface area contributed by atoms with Crippen LogP contribution in [-0.4, -0.2) is 101 Å². The van der Waals surface area contributed by atoms with Gasteiger partial charge in [-0.25, -0.2) is 8.42 Å². The monoisotopic (exact) mass is 482 g/mol. The van der Waals surface area contributed by atoms with Crippen molar-refractivity contribution in [3.05, 3.63) is 0 Å². The van der Waals surface area contributed by atoms with Crippen LogP contribution in [0.4, 0.5) is 0 Å². The van der Waals surface area contributed by atoms with Crippen molar-refractivity contribution in [1.29, 1.82) is 0 Å². The summed E-state index contributed by atoms with van der Waals surface area (Å²) in [6, 6.07) is 0. The molecular weight excluding hydrogens is 454 g/mol. The van der Waals surface area contributed by atoms with Gasteiger partial charge in [0.05, 0.1) is 0 Å². The van der Waals surface area contributed by atoms with Crippen LogP contribution in [-0.2, 0) is 37.9 Å². The third-order valence-electron chi connectivity index (χ3n) is 0. The zero-order chi connectivity index (χ0) is 9.00. The first-order valence-corrected chi connectivity index (χ1v) is 4.05. The molecule has 0 heterocycles. The average molecular weight is 482 g/mol. The standard InChI is InChI=1S/Fe.H3N.2H2O4S.12H2O/c;;2*1-5(2,3)4;;;;;;;;;;;;/h;1H3;2*(H2,1,2,3,4);12*1H2/q+3;;;;;;;;;;;;;;;/p-3. The van der Waals surface area contributed by atoms with Gasteiger partial charge < -0.3 is 85.5 Å². The topological polar surface area (TPSA) is 571 Å². The molecule has 0 saturated carbocycles. The fourth-order valence-electron chi connectivity index (χ4n) is 0. The molecule has 0 aliphatic carbocycles. The van der Waals surface area contributed by atoms with Gasteiger partial charge in [0.2, 0.25) is 10.4 Å². The number of hydrogen-bond donors (Lipinski definition) is 2. The summed E-state index contributed by atoms with van der Waals surface area (Å²) in [6.07, 6.45) is 0. The van der Waals surface area contributed by atoms with Crippen molar-refractivity contribution < 1.29 is 118 Å². The molecule has 21 nitrogen and oxygen atoms in total. The Balaban J connectivity index is -0.00000000241. The first kappa shape index (κ1) is 205. The van der Waals surface area contributed by atoms with Crippen LogP contribution >= 0.6 is 0 Å². The molecule has 0 saturated heterocycles. The van der Waals surface area contributed by atoms with Crippen molar-refractivity contribution in [2.45, 2.75) is 0 Å². The second-order valence-corrected chi connectivity index (χ2v) is 2.51. The number of rotatable bonds is 0. The van der Waals surface area contributed by atoms with Gasteiger partial charge >= 0.3 is 17.1 Å².